The van der Waals surface area contributed by atoms with Crippen LogP contribution < -0.4 is 19.8 Å². The number of halogens is 1. The van der Waals surface area contributed by atoms with Crippen LogP contribution in [0.1, 0.15) is 22.8 Å². The number of carbonyl (C=O) groups excluding carboxylic acids is 1. The first-order valence-corrected chi connectivity index (χ1v) is 10.3. The van der Waals surface area contributed by atoms with E-state index >= 15 is 0 Å². The van der Waals surface area contributed by atoms with Gasteiger partial charge in [0.1, 0.15) is 13.3 Å². The summed E-state index contributed by atoms with van der Waals surface area (Å²) in [5, 5.41) is 0.627. The first-order valence-electron chi connectivity index (χ1n) is 9.08. The van der Waals surface area contributed by atoms with Crippen LogP contribution in [0.2, 0.25) is 5.02 Å². The number of fused-ring (bicyclic) bond motifs is 1. The summed E-state index contributed by atoms with van der Waals surface area (Å²) in [5.74, 6) is -0.347. The third kappa shape index (κ3) is 4.11. The van der Waals surface area contributed by atoms with Crippen molar-refractivity contribution in [2.75, 3.05) is 18.2 Å². The van der Waals surface area contributed by atoms with Crippen molar-refractivity contribution < 1.29 is 9.53 Å². The molecule has 1 aliphatic heterocycles. The molecule has 4 rings (SSSR count). The number of aromatic nitrogens is 1. The van der Waals surface area contributed by atoms with Crippen molar-refractivity contribution >= 4 is 40.7 Å². The van der Waals surface area contributed by atoms with Gasteiger partial charge in [-0.2, -0.15) is 0 Å². The van der Waals surface area contributed by atoms with Gasteiger partial charge in [0.25, 0.3) is 5.56 Å². The van der Waals surface area contributed by atoms with Gasteiger partial charge in [-0.05, 0) is 55.0 Å². The molecule has 0 N–H and O–H groups in total. The molecule has 0 aliphatic carbocycles. The quantitative estimate of drug-likeness (QED) is 0.600. The van der Waals surface area contributed by atoms with E-state index in [1.807, 2.05) is 41.3 Å². The molecule has 148 valence electrons. The van der Waals surface area contributed by atoms with Gasteiger partial charge in [-0.25, -0.2) is 9.79 Å². The Morgan fingerprint density at radius 1 is 1.28 bits per heavy atom. The lowest BCUT2D eigenvalue weighted by Crippen LogP contribution is -2.42. The predicted molar refractivity (Wildman–Crippen MR) is 114 cm³/mol. The highest BCUT2D eigenvalue weighted by atomic mass is 35.5. The van der Waals surface area contributed by atoms with Gasteiger partial charge in [0.05, 0.1) is 16.7 Å². The van der Waals surface area contributed by atoms with Crippen molar-refractivity contribution in [1.29, 1.82) is 0 Å². The van der Waals surface area contributed by atoms with E-state index in [4.69, 9.17) is 16.3 Å². The fourth-order valence-electron chi connectivity index (χ4n) is 3.05. The molecule has 1 aromatic heterocycles. The summed E-state index contributed by atoms with van der Waals surface area (Å²) in [6, 6.07) is 14.5. The Kier molecular flexibility index (Phi) is 5.51. The number of hydrogen-bond acceptors (Lipinski definition) is 6. The van der Waals surface area contributed by atoms with E-state index in [0.29, 0.717) is 39.9 Å². The predicted octanol–water partition coefficient (Wildman–Crippen LogP) is 2.62. The van der Waals surface area contributed by atoms with Crippen LogP contribution in [-0.4, -0.2) is 23.8 Å². The summed E-state index contributed by atoms with van der Waals surface area (Å²) in [7, 11) is 0. The number of anilines is 1. The number of esters is 1. The van der Waals surface area contributed by atoms with Crippen LogP contribution in [0.3, 0.4) is 0 Å². The molecule has 0 saturated heterocycles. The third-order valence-corrected chi connectivity index (χ3v) is 5.75. The lowest BCUT2D eigenvalue weighted by Gasteiger charge is -2.25. The highest BCUT2D eigenvalue weighted by Gasteiger charge is 2.16. The average Bonchev–Trinajstić information content (AvgIpc) is 3.03. The minimum Gasteiger partial charge on any atom is -0.462 e. The molecular formula is C21H18ClN3O3S. The minimum absolute atomic E-state index is 0.0819. The number of hydrogen-bond donors (Lipinski definition) is 0. The Balaban J connectivity index is 1.60. The van der Waals surface area contributed by atoms with E-state index in [-0.39, 0.29) is 11.5 Å². The Hall–Kier alpha value is -2.90. The molecule has 0 amide bonds. The van der Waals surface area contributed by atoms with Crippen molar-refractivity contribution in [3.8, 4) is 0 Å². The number of carbonyl (C=O) groups is 1. The molecule has 0 fully saturated rings. The van der Waals surface area contributed by atoms with Crippen molar-refractivity contribution in [2.45, 2.75) is 13.6 Å². The molecule has 0 unspecified atom stereocenters. The number of benzene rings is 2. The second-order valence-electron chi connectivity index (χ2n) is 6.43. The summed E-state index contributed by atoms with van der Waals surface area (Å²) in [6.07, 6.45) is 1.83. The Labute approximate surface area is 176 Å². The summed E-state index contributed by atoms with van der Waals surface area (Å²) in [5.41, 5.74) is 2.17. The molecule has 2 heterocycles. The van der Waals surface area contributed by atoms with Gasteiger partial charge in [-0.1, -0.05) is 35.1 Å². The zero-order valence-electron chi connectivity index (χ0n) is 15.7. The van der Waals surface area contributed by atoms with Crippen molar-refractivity contribution in [2.24, 2.45) is 4.99 Å². The van der Waals surface area contributed by atoms with E-state index in [9.17, 15) is 9.59 Å². The molecule has 3 aromatic rings. The molecule has 0 bridgehead atoms. The van der Waals surface area contributed by atoms with Crippen molar-refractivity contribution in [3.05, 3.63) is 84.4 Å². The second kappa shape index (κ2) is 8.23. The normalized spacial score (nSPS) is 13.7. The largest absolute Gasteiger partial charge is 0.462 e. The van der Waals surface area contributed by atoms with Crippen molar-refractivity contribution in [3.63, 3.8) is 0 Å². The number of ether oxygens (including phenoxy) is 1. The maximum atomic E-state index is 12.9. The topological polar surface area (TPSA) is 63.9 Å². The molecule has 0 saturated carbocycles. The molecule has 6 nitrogen and oxygen atoms in total. The Morgan fingerprint density at radius 3 is 2.79 bits per heavy atom. The Bertz CT molecular complexity index is 1230. The van der Waals surface area contributed by atoms with Gasteiger partial charge >= 0.3 is 5.97 Å². The summed E-state index contributed by atoms with van der Waals surface area (Å²) >= 11 is 7.40. The van der Waals surface area contributed by atoms with Gasteiger partial charge in [0.2, 0.25) is 0 Å². The first kappa shape index (κ1) is 19.4. The van der Waals surface area contributed by atoms with Crippen LogP contribution in [0, 0.1) is 0 Å². The van der Waals surface area contributed by atoms with Gasteiger partial charge < -0.3 is 9.64 Å². The standard InChI is InChI=1S/C21H18ClN3O3S/c1-2-28-20(27)15-6-8-17(9-7-15)24-12-23-21-25(13-24)19(26)18(29-21)11-14-4-3-5-16(22)10-14/h3-11H,2,12-13H2,1H3/b18-11-. The molecule has 0 radical (unpaired) electrons. The monoisotopic (exact) mass is 427 g/mol. The van der Waals surface area contributed by atoms with E-state index in [0.717, 1.165) is 11.3 Å². The molecular weight excluding hydrogens is 410 g/mol. The fourth-order valence-corrected chi connectivity index (χ4v) is 4.21. The number of rotatable bonds is 4. The third-order valence-electron chi connectivity index (χ3n) is 4.47. The highest BCUT2D eigenvalue weighted by Crippen LogP contribution is 2.17. The van der Waals surface area contributed by atoms with Gasteiger partial charge in [0.15, 0.2) is 4.80 Å². The lowest BCUT2D eigenvalue weighted by atomic mass is 10.2. The lowest BCUT2D eigenvalue weighted by molar-refractivity contribution is 0.0526. The first-order chi connectivity index (χ1) is 14.0. The zero-order valence-corrected chi connectivity index (χ0v) is 17.2. The van der Waals surface area contributed by atoms with E-state index < -0.39 is 0 Å². The van der Waals surface area contributed by atoms with Gasteiger partial charge in [-0.3, -0.25) is 9.36 Å². The van der Waals surface area contributed by atoms with Crippen LogP contribution in [0.4, 0.5) is 5.69 Å². The summed E-state index contributed by atoms with van der Waals surface area (Å²) in [6.45, 7) is 2.95. The van der Waals surface area contributed by atoms with Crippen LogP contribution in [0.25, 0.3) is 6.08 Å². The molecule has 2 aromatic carbocycles. The Morgan fingerprint density at radius 2 is 2.07 bits per heavy atom. The van der Waals surface area contributed by atoms with E-state index in [1.165, 1.54) is 11.3 Å². The van der Waals surface area contributed by atoms with Crippen LogP contribution in [0.15, 0.2) is 58.3 Å². The maximum Gasteiger partial charge on any atom is 0.338 e. The van der Waals surface area contributed by atoms with Crippen LogP contribution in [-0.2, 0) is 11.4 Å². The highest BCUT2D eigenvalue weighted by molar-refractivity contribution is 7.07. The summed E-state index contributed by atoms with van der Waals surface area (Å²) in [4.78, 5) is 31.9. The fraction of sp³-hybridized carbons (Fsp3) is 0.190. The molecule has 0 atom stereocenters. The molecule has 0 spiro atoms. The molecule has 8 heteroatoms. The van der Waals surface area contributed by atoms with E-state index in [1.54, 1.807) is 29.7 Å². The molecule has 29 heavy (non-hydrogen) atoms. The van der Waals surface area contributed by atoms with Crippen LogP contribution >= 0.6 is 22.9 Å². The number of thiazole rings is 1. The smallest absolute Gasteiger partial charge is 0.338 e. The van der Waals surface area contributed by atoms with Crippen molar-refractivity contribution in [1.82, 2.24) is 4.57 Å². The van der Waals surface area contributed by atoms with Gasteiger partial charge in [0, 0.05) is 10.7 Å². The van der Waals surface area contributed by atoms with Gasteiger partial charge in [-0.15, -0.1) is 0 Å². The van der Waals surface area contributed by atoms with E-state index in [2.05, 4.69) is 4.99 Å². The summed E-state index contributed by atoms with van der Waals surface area (Å²) < 4.78 is 7.28. The van der Waals surface area contributed by atoms with Crippen LogP contribution in [0.5, 0.6) is 0 Å². The average molecular weight is 428 g/mol. The second-order valence-corrected chi connectivity index (χ2v) is 7.88. The maximum absolute atomic E-state index is 12.9. The number of nitrogens with zero attached hydrogens (tertiary/aromatic N) is 3. The SMILES string of the molecule is CCOC(=O)c1ccc(N2CN=c3s/c(=C\c4cccc(Cl)c4)c(=O)n3C2)cc1. The minimum atomic E-state index is -0.347. The molecule has 1 aliphatic rings. The zero-order chi connectivity index (χ0) is 20.4.